The Morgan fingerprint density at radius 2 is 1.86 bits per heavy atom. The highest BCUT2D eigenvalue weighted by molar-refractivity contribution is 9.10. The predicted octanol–water partition coefficient (Wildman–Crippen LogP) is 4.29. The van der Waals surface area contributed by atoms with Crippen molar-refractivity contribution in [3.05, 3.63) is 68.2 Å². The van der Waals surface area contributed by atoms with Crippen LogP contribution >= 0.6 is 27.5 Å². The van der Waals surface area contributed by atoms with Gasteiger partial charge in [-0.1, -0.05) is 23.7 Å². The number of hydrogen-bond acceptors (Lipinski definition) is 3. The van der Waals surface area contributed by atoms with Crippen molar-refractivity contribution in [3.63, 3.8) is 0 Å². The van der Waals surface area contributed by atoms with Crippen LogP contribution in [0.5, 0.6) is 0 Å². The first-order chi connectivity index (χ1) is 13.3. The Bertz CT molecular complexity index is 958. The molecule has 3 rings (SSSR count). The molecule has 0 bridgehead atoms. The molecule has 148 valence electrons. The van der Waals surface area contributed by atoms with Gasteiger partial charge in [-0.15, -0.1) is 0 Å². The fourth-order valence-corrected chi connectivity index (χ4v) is 3.37. The third-order valence-corrected chi connectivity index (χ3v) is 5.90. The first-order valence-corrected chi connectivity index (χ1v) is 10.3. The maximum Gasteiger partial charge on any atom is 0.251 e. The van der Waals surface area contributed by atoms with Gasteiger partial charge in [-0.05, 0) is 60.8 Å². The minimum absolute atomic E-state index is 0.0708. The summed E-state index contributed by atoms with van der Waals surface area (Å²) < 4.78 is 4.76. The second kappa shape index (κ2) is 8.92. The minimum Gasteiger partial charge on any atom is -0.352 e. The second-order valence-corrected chi connectivity index (χ2v) is 8.01. The largest absolute Gasteiger partial charge is 0.352 e. The van der Waals surface area contributed by atoms with Gasteiger partial charge >= 0.3 is 0 Å². The molecule has 6 nitrogen and oxygen atoms in total. The molecule has 1 aromatic carbocycles. The van der Waals surface area contributed by atoms with E-state index in [-0.39, 0.29) is 5.91 Å². The summed E-state index contributed by atoms with van der Waals surface area (Å²) >= 11 is 9.64. The molecule has 0 aliphatic carbocycles. The number of aryl methyl sites for hydroxylation is 3. The molecule has 0 saturated heterocycles. The van der Waals surface area contributed by atoms with Crippen molar-refractivity contribution in [1.82, 2.24) is 24.9 Å². The van der Waals surface area contributed by atoms with Crippen LogP contribution in [0.1, 0.15) is 39.4 Å². The molecule has 2 aromatic heterocycles. The van der Waals surface area contributed by atoms with E-state index >= 15 is 0 Å². The summed E-state index contributed by atoms with van der Waals surface area (Å²) in [5.74, 6) is -0.0708. The monoisotopic (exact) mass is 463 g/mol. The summed E-state index contributed by atoms with van der Waals surface area (Å²) in [6.07, 6.45) is 2.77. The molecule has 8 heteroatoms. The van der Waals surface area contributed by atoms with Crippen molar-refractivity contribution < 1.29 is 4.79 Å². The first kappa shape index (κ1) is 20.6. The van der Waals surface area contributed by atoms with Crippen molar-refractivity contribution in [3.8, 4) is 0 Å². The second-order valence-electron chi connectivity index (χ2n) is 6.77. The molecular weight excluding hydrogens is 442 g/mol. The number of carbonyl (C=O) groups excluding carboxylic acids is 1. The Morgan fingerprint density at radius 1 is 1.14 bits per heavy atom. The van der Waals surface area contributed by atoms with Crippen molar-refractivity contribution in [2.24, 2.45) is 0 Å². The molecule has 1 amide bonds. The lowest BCUT2D eigenvalue weighted by molar-refractivity contribution is 0.0952. The van der Waals surface area contributed by atoms with Crippen LogP contribution in [0.4, 0.5) is 0 Å². The summed E-state index contributed by atoms with van der Waals surface area (Å²) in [5.41, 5.74) is 4.45. The minimum atomic E-state index is -0.0708. The number of carbonyl (C=O) groups is 1. The van der Waals surface area contributed by atoms with Crippen LogP contribution < -0.4 is 5.32 Å². The third-order valence-electron chi connectivity index (χ3n) is 4.58. The van der Waals surface area contributed by atoms with Gasteiger partial charge in [0, 0.05) is 24.8 Å². The van der Waals surface area contributed by atoms with E-state index in [1.165, 1.54) is 0 Å². The Kier molecular flexibility index (Phi) is 6.57. The molecule has 0 spiro atoms. The summed E-state index contributed by atoms with van der Waals surface area (Å²) in [7, 11) is 0. The molecule has 28 heavy (non-hydrogen) atoms. The summed E-state index contributed by atoms with van der Waals surface area (Å²) in [6.45, 7) is 7.78. The van der Waals surface area contributed by atoms with Gasteiger partial charge in [-0.3, -0.25) is 14.2 Å². The van der Waals surface area contributed by atoms with E-state index in [0.717, 1.165) is 40.1 Å². The van der Waals surface area contributed by atoms with E-state index in [1.54, 1.807) is 0 Å². The van der Waals surface area contributed by atoms with Gasteiger partial charge in [0.15, 0.2) is 0 Å². The molecule has 0 atom stereocenters. The van der Waals surface area contributed by atoms with Gasteiger partial charge in [-0.2, -0.15) is 10.2 Å². The number of benzene rings is 1. The number of aromatic nitrogens is 4. The Morgan fingerprint density at radius 3 is 2.43 bits per heavy atom. The van der Waals surface area contributed by atoms with Crippen LogP contribution in [0, 0.1) is 20.8 Å². The van der Waals surface area contributed by atoms with Gasteiger partial charge in [0.2, 0.25) is 0 Å². The molecule has 2 heterocycles. The molecule has 0 aliphatic rings. The zero-order chi connectivity index (χ0) is 20.3. The average molecular weight is 465 g/mol. The Hall–Kier alpha value is -2.12. The van der Waals surface area contributed by atoms with Crippen molar-refractivity contribution >= 4 is 33.4 Å². The number of nitrogens with one attached hydrogen (secondary N) is 1. The van der Waals surface area contributed by atoms with Crippen LogP contribution in [0.15, 0.2) is 34.9 Å². The maximum atomic E-state index is 12.3. The quantitative estimate of drug-likeness (QED) is 0.531. The van der Waals surface area contributed by atoms with Gasteiger partial charge in [-0.25, -0.2) is 0 Å². The van der Waals surface area contributed by atoms with E-state index in [9.17, 15) is 4.79 Å². The van der Waals surface area contributed by atoms with Crippen LogP contribution in [-0.2, 0) is 13.1 Å². The van der Waals surface area contributed by atoms with Crippen LogP contribution in [0.25, 0.3) is 0 Å². The van der Waals surface area contributed by atoms with Crippen molar-refractivity contribution in [2.75, 3.05) is 6.54 Å². The maximum absolute atomic E-state index is 12.3. The Balaban J connectivity index is 1.49. The van der Waals surface area contributed by atoms with E-state index in [2.05, 4.69) is 31.4 Å². The lowest BCUT2D eigenvalue weighted by Gasteiger charge is -2.08. The fourth-order valence-electron chi connectivity index (χ4n) is 2.92. The lowest BCUT2D eigenvalue weighted by atomic mass is 10.1. The highest BCUT2D eigenvalue weighted by Gasteiger charge is 2.10. The van der Waals surface area contributed by atoms with E-state index in [0.29, 0.717) is 23.7 Å². The summed E-state index contributed by atoms with van der Waals surface area (Å²) in [4.78, 5) is 12.3. The molecule has 0 radical (unpaired) electrons. The highest BCUT2D eigenvalue weighted by Crippen LogP contribution is 2.20. The van der Waals surface area contributed by atoms with Crippen molar-refractivity contribution in [2.45, 2.75) is 40.3 Å². The summed E-state index contributed by atoms with van der Waals surface area (Å²) in [6, 6.07) is 7.57. The Labute approximate surface area is 178 Å². The zero-order valence-corrected chi connectivity index (χ0v) is 18.5. The zero-order valence-electron chi connectivity index (χ0n) is 16.2. The van der Waals surface area contributed by atoms with Crippen LogP contribution in [-0.4, -0.2) is 32.0 Å². The van der Waals surface area contributed by atoms with Gasteiger partial charge in [0.05, 0.1) is 33.1 Å². The lowest BCUT2D eigenvalue weighted by Crippen LogP contribution is -2.25. The first-order valence-electron chi connectivity index (χ1n) is 9.11. The number of hydrogen-bond donors (Lipinski definition) is 1. The fraction of sp³-hybridized carbons (Fsp3) is 0.350. The van der Waals surface area contributed by atoms with Crippen molar-refractivity contribution in [1.29, 1.82) is 0 Å². The SMILES string of the molecule is Cc1nn(CCCNC(=O)c2ccc(Cn3nc(C)c(Cl)c3C)cc2)cc1Br. The van der Waals surface area contributed by atoms with Crippen LogP contribution in [0.3, 0.4) is 0 Å². The van der Waals surface area contributed by atoms with Gasteiger partial charge in [0.25, 0.3) is 5.91 Å². The molecule has 0 aliphatic heterocycles. The number of nitrogens with zero attached hydrogens (tertiary/aromatic N) is 4. The standard InChI is InChI=1S/C20H23BrClN5O/c1-13-18(21)12-26(24-13)10-4-9-23-20(28)17-7-5-16(6-8-17)11-27-15(3)19(22)14(2)25-27/h5-8,12H,4,9-11H2,1-3H3,(H,23,28). The van der Waals surface area contributed by atoms with E-state index in [4.69, 9.17) is 11.6 Å². The van der Waals surface area contributed by atoms with E-state index < -0.39 is 0 Å². The van der Waals surface area contributed by atoms with Gasteiger partial charge < -0.3 is 5.32 Å². The number of amides is 1. The molecule has 1 N–H and O–H groups in total. The topological polar surface area (TPSA) is 64.7 Å². The van der Waals surface area contributed by atoms with Gasteiger partial charge in [0.1, 0.15) is 0 Å². The molecule has 0 saturated carbocycles. The highest BCUT2D eigenvalue weighted by atomic mass is 79.9. The molecular formula is C20H23BrClN5O. The van der Waals surface area contributed by atoms with E-state index in [1.807, 2.05) is 60.6 Å². The molecule has 0 unspecified atom stereocenters. The number of halogens is 2. The third kappa shape index (κ3) is 4.83. The summed E-state index contributed by atoms with van der Waals surface area (Å²) in [5, 5.41) is 12.5. The average Bonchev–Trinajstić information content (AvgIpc) is 3.12. The molecule has 3 aromatic rings. The number of rotatable bonds is 7. The smallest absolute Gasteiger partial charge is 0.251 e. The van der Waals surface area contributed by atoms with Crippen LogP contribution in [0.2, 0.25) is 5.02 Å². The predicted molar refractivity (Wildman–Crippen MR) is 114 cm³/mol. The normalized spacial score (nSPS) is 11.0. The molecule has 0 fully saturated rings.